The molecule has 102 valence electrons. The standard InChI is InChI=1S/C15H27N3/c1-5-6-7-10-18(12(2)3)15-9-8-14(11-17-15)13(4)16/h8-9,11-13H,5-7,10,16H2,1-4H3/t13-/m1/s1. The highest BCUT2D eigenvalue weighted by Gasteiger charge is 2.11. The number of anilines is 1. The van der Waals surface area contributed by atoms with Gasteiger partial charge in [-0.25, -0.2) is 4.98 Å². The van der Waals surface area contributed by atoms with E-state index in [4.69, 9.17) is 5.73 Å². The van der Waals surface area contributed by atoms with Crippen LogP contribution in [0.3, 0.4) is 0 Å². The number of hydrogen-bond donors (Lipinski definition) is 1. The maximum absolute atomic E-state index is 5.84. The average molecular weight is 249 g/mol. The summed E-state index contributed by atoms with van der Waals surface area (Å²) in [5.41, 5.74) is 6.94. The molecule has 18 heavy (non-hydrogen) atoms. The first kappa shape index (κ1) is 15.0. The summed E-state index contributed by atoms with van der Waals surface area (Å²) in [5, 5.41) is 0. The lowest BCUT2D eigenvalue weighted by Gasteiger charge is -2.28. The molecule has 3 nitrogen and oxygen atoms in total. The van der Waals surface area contributed by atoms with Crippen LogP contribution in [0, 0.1) is 0 Å². The van der Waals surface area contributed by atoms with Gasteiger partial charge in [-0.05, 0) is 38.8 Å². The van der Waals surface area contributed by atoms with E-state index < -0.39 is 0 Å². The fourth-order valence-electron chi connectivity index (χ4n) is 2.01. The van der Waals surface area contributed by atoms with Gasteiger partial charge in [-0.3, -0.25) is 0 Å². The Hall–Kier alpha value is -1.09. The third-order valence-corrected chi connectivity index (χ3v) is 3.22. The largest absolute Gasteiger partial charge is 0.354 e. The van der Waals surface area contributed by atoms with E-state index in [2.05, 4.69) is 42.8 Å². The topological polar surface area (TPSA) is 42.1 Å². The zero-order valence-electron chi connectivity index (χ0n) is 12.2. The minimum atomic E-state index is 0.0548. The lowest BCUT2D eigenvalue weighted by molar-refractivity contribution is 0.619. The van der Waals surface area contributed by atoms with Crippen molar-refractivity contribution in [2.45, 2.75) is 59.0 Å². The molecule has 0 spiro atoms. The predicted octanol–water partition coefficient (Wildman–Crippen LogP) is 3.51. The summed E-state index contributed by atoms with van der Waals surface area (Å²) in [6.45, 7) is 9.73. The summed E-state index contributed by atoms with van der Waals surface area (Å²) in [7, 11) is 0. The Morgan fingerprint density at radius 1 is 1.22 bits per heavy atom. The maximum Gasteiger partial charge on any atom is 0.128 e. The Kier molecular flexibility index (Phi) is 6.13. The highest BCUT2D eigenvalue weighted by molar-refractivity contribution is 5.40. The zero-order chi connectivity index (χ0) is 13.5. The van der Waals surface area contributed by atoms with Gasteiger partial charge in [0.1, 0.15) is 5.82 Å². The Bertz CT molecular complexity index is 330. The van der Waals surface area contributed by atoms with E-state index in [1.54, 1.807) is 0 Å². The summed E-state index contributed by atoms with van der Waals surface area (Å²) in [4.78, 5) is 6.91. The molecule has 0 saturated heterocycles. The number of rotatable bonds is 7. The minimum Gasteiger partial charge on any atom is -0.354 e. The molecule has 0 aliphatic heterocycles. The van der Waals surface area contributed by atoms with Crippen LogP contribution in [0.2, 0.25) is 0 Å². The zero-order valence-corrected chi connectivity index (χ0v) is 12.2. The molecule has 1 aromatic heterocycles. The van der Waals surface area contributed by atoms with Gasteiger partial charge >= 0.3 is 0 Å². The third-order valence-electron chi connectivity index (χ3n) is 3.22. The number of nitrogens with zero attached hydrogens (tertiary/aromatic N) is 2. The molecule has 0 saturated carbocycles. The number of nitrogens with two attached hydrogens (primary N) is 1. The average Bonchev–Trinajstić information content (AvgIpc) is 2.34. The van der Waals surface area contributed by atoms with Crippen LogP contribution in [0.25, 0.3) is 0 Å². The van der Waals surface area contributed by atoms with Crippen molar-refractivity contribution in [2.24, 2.45) is 5.73 Å². The molecule has 0 aliphatic carbocycles. The van der Waals surface area contributed by atoms with Gasteiger partial charge in [0.15, 0.2) is 0 Å². The van der Waals surface area contributed by atoms with Gasteiger partial charge in [0, 0.05) is 24.8 Å². The fraction of sp³-hybridized carbons (Fsp3) is 0.667. The Labute approximate surface area is 111 Å². The molecule has 0 unspecified atom stereocenters. The summed E-state index contributed by atoms with van der Waals surface area (Å²) in [6.07, 6.45) is 5.66. The van der Waals surface area contributed by atoms with E-state index in [0.717, 1.165) is 17.9 Å². The molecule has 0 amide bonds. The van der Waals surface area contributed by atoms with Crippen molar-refractivity contribution < 1.29 is 0 Å². The molecular weight excluding hydrogens is 222 g/mol. The number of unbranched alkanes of at least 4 members (excludes halogenated alkanes) is 2. The van der Waals surface area contributed by atoms with E-state index in [9.17, 15) is 0 Å². The van der Waals surface area contributed by atoms with Gasteiger partial charge in [0.25, 0.3) is 0 Å². The normalized spacial score (nSPS) is 12.8. The quantitative estimate of drug-likeness (QED) is 0.752. The Morgan fingerprint density at radius 2 is 1.94 bits per heavy atom. The van der Waals surface area contributed by atoms with Crippen LogP contribution >= 0.6 is 0 Å². The molecule has 2 N–H and O–H groups in total. The van der Waals surface area contributed by atoms with Crippen molar-refractivity contribution >= 4 is 5.82 Å². The molecule has 1 heterocycles. The van der Waals surface area contributed by atoms with Crippen molar-refractivity contribution in [3.8, 4) is 0 Å². The summed E-state index contributed by atoms with van der Waals surface area (Å²) >= 11 is 0. The van der Waals surface area contributed by atoms with Crippen molar-refractivity contribution in [1.29, 1.82) is 0 Å². The first-order valence-electron chi connectivity index (χ1n) is 7.04. The minimum absolute atomic E-state index is 0.0548. The molecule has 1 atom stereocenters. The second-order valence-corrected chi connectivity index (χ2v) is 5.23. The highest BCUT2D eigenvalue weighted by Crippen LogP contribution is 2.17. The van der Waals surface area contributed by atoms with Crippen molar-refractivity contribution in [1.82, 2.24) is 4.98 Å². The summed E-state index contributed by atoms with van der Waals surface area (Å²) < 4.78 is 0. The Balaban J connectivity index is 2.72. The van der Waals surface area contributed by atoms with E-state index in [0.29, 0.717) is 6.04 Å². The SMILES string of the molecule is CCCCCN(c1ccc([C@@H](C)N)cn1)C(C)C. The van der Waals surface area contributed by atoms with E-state index in [1.165, 1.54) is 19.3 Å². The molecule has 0 radical (unpaired) electrons. The number of hydrogen-bond acceptors (Lipinski definition) is 3. The summed E-state index contributed by atoms with van der Waals surface area (Å²) in [6, 6.07) is 4.71. The van der Waals surface area contributed by atoms with Gasteiger partial charge < -0.3 is 10.6 Å². The first-order chi connectivity index (χ1) is 8.56. The van der Waals surface area contributed by atoms with Gasteiger partial charge in [-0.15, -0.1) is 0 Å². The molecule has 0 fully saturated rings. The molecular formula is C15H27N3. The molecule has 0 aromatic carbocycles. The van der Waals surface area contributed by atoms with Gasteiger partial charge in [0.2, 0.25) is 0 Å². The van der Waals surface area contributed by atoms with Crippen LogP contribution < -0.4 is 10.6 Å². The number of aromatic nitrogens is 1. The maximum atomic E-state index is 5.84. The van der Waals surface area contributed by atoms with Crippen LogP contribution in [-0.2, 0) is 0 Å². The third kappa shape index (κ3) is 4.30. The lowest BCUT2D eigenvalue weighted by atomic mass is 10.1. The van der Waals surface area contributed by atoms with Gasteiger partial charge in [-0.1, -0.05) is 25.8 Å². The summed E-state index contributed by atoms with van der Waals surface area (Å²) in [5.74, 6) is 1.06. The monoisotopic (exact) mass is 249 g/mol. The van der Waals surface area contributed by atoms with Crippen molar-refractivity contribution in [3.63, 3.8) is 0 Å². The smallest absolute Gasteiger partial charge is 0.128 e. The fourth-order valence-corrected chi connectivity index (χ4v) is 2.01. The van der Waals surface area contributed by atoms with Crippen LogP contribution in [0.1, 0.15) is 58.6 Å². The van der Waals surface area contributed by atoms with Crippen LogP contribution in [0.5, 0.6) is 0 Å². The molecule has 0 bridgehead atoms. The molecule has 3 heteroatoms. The molecule has 1 rings (SSSR count). The van der Waals surface area contributed by atoms with Gasteiger partial charge in [-0.2, -0.15) is 0 Å². The van der Waals surface area contributed by atoms with E-state index >= 15 is 0 Å². The Morgan fingerprint density at radius 3 is 2.39 bits per heavy atom. The van der Waals surface area contributed by atoms with Gasteiger partial charge in [0.05, 0.1) is 0 Å². The second-order valence-electron chi connectivity index (χ2n) is 5.23. The van der Waals surface area contributed by atoms with Crippen LogP contribution in [0.15, 0.2) is 18.3 Å². The van der Waals surface area contributed by atoms with Crippen molar-refractivity contribution in [2.75, 3.05) is 11.4 Å². The van der Waals surface area contributed by atoms with E-state index in [-0.39, 0.29) is 6.04 Å². The first-order valence-corrected chi connectivity index (χ1v) is 7.04. The predicted molar refractivity (Wildman–Crippen MR) is 78.8 cm³/mol. The number of pyridine rings is 1. The highest BCUT2D eigenvalue weighted by atomic mass is 15.2. The van der Waals surface area contributed by atoms with Crippen LogP contribution in [0.4, 0.5) is 5.82 Å². The lowest BCUT2D eigenvalue weighted by Crippen LogP contribution is -2.32. The molecule has 0 aliphatic rings. The van der Waals surface area contributed by atoms with Crippen molar-refractivity contribution in [3.05, 3.63) is 23.9 Å². The van der Waals surface area contributed by atoms with Crippen LogP contribution in [-0.4, -0.2) is 17.6 Å². The second kappa shape index (κ2) is 7.37. The molecule has 1 aromatic rings. The van der Waals surface area contributed by atoms with E-state index in [1.807, 2.05) is 13.1 Å².